The number of nitrogens with zero attached hydrogens (tertiary/aromatic N) is 5. The molecule has 0 saturated carbocycles. The van der Waals surface area contributed by atoms with Crippen molar-refractivity contribution >= 4 is 0 Å². The van der Waals surface area contributed by atoms with Crippen molar-refractivity contribution in [3.8, 4) is 11.4 Å². The molecule has 4 rings (SSSR count). The van der Waals surface area contributed by atoms with Gasteiger partial charge < -0.3 is 4.57 Å². The Balaban J connectivity index is 1.46. The molecule has 5 heteroatoms. The highest BCUT2D eigenvalue weighted by Crippen LogP contribution is 2.31. The minimum absolute atomic E-state index is 0.404. The summed E-state index contributed by atoms with van der Waals surface area (Å²) in [5.41, 5.74) is 3.76. The number of hydrogen-bond acceptors (Lipinski definition) is 4. The minimum Gasteiger partial charge on any atom is -0.314 e. The summed E-state index contributed by atoms with van der Waals surface area (Å²) in [5.74, 6) is 1.95. The smallest absolute Gasteiger partial charge is 0.163 e. The van der Waals surface area contributed by atoms with Gasteiger partial charge in [-0.25, -0.2) is 0 Å². The molecule has 1 aliphatic carbocycles. The molecule has 134 valence electrons. The van der Waals surface area contributed by atoms with Gasteiger partial charge in [0, 0.05) is 31.8 Å². The number of fused-ring (bicyclic) bond motifs is 1. The summed E-state index contributed by atoms with van der Waals surface area (Å²) in [4.78, 5) is 7.08. The van der Waals surface area contributed by atoms with E-state index >= 15 is 0 Å². The van der Waals surface area contributed by atoms with Crippen molar-refractivity contribution in [1.82, 2.24) is 24.6 Å². The van der Waals surface area contributed by atoms with Gasteiger partial charge in [0.2, 0.25) is 0 Å². The van der Waals surface area contributed by atoms with Crippen LogP contribution in [-0.4, -0.2) is 38.2 Å². The van der Waals surface area contributed by atoms with Crippen LogP contribution in [0.15, 0.2) is 48.7 Å². The first kappa shape index (κ1) is 16.9. The fourth-order valence-corrected chi connectivity index (χ4v) is 3.86. The van der Waals surface area contributed by atoms with Crippen molar-refractivity contribution < 1.29 is 0 Å². The highest BCUT2D eigenvalue weighted by atomic mass is 15.3. The topological polar surface area (TPSA) is 46.8 Å². The van der Waals surface area contributed by atoms with Gasteiger partial charge in [-0.1, -0.05) is 36.4 Å². The Hall–Kier alpha value is -2.53. The van der Waals surface area contributed by atoms with Crippen LogP contribution >= 0.6 is 0 Å². The van der Waals surface area contributed by atoms with Crippen LogP contribution in [0.1, 0.15) is 36.0 Å². The van der Waals surface area contributed by atoms with Gasteiger partial charge in [-0.15, -0.1) is 10.2 Å². The zero-order chi connectivity index (χ0) is 17.9. The van der Waals surface area contributed by atoms with Gasteiger partial charge in [0.1, 0.15) is 5.82 Å². The maximum absolute atomic E-state index is 4.66. The number of likely N-dealkylation sites (N-methyl/N-ethyl adjacent to an activating group) is 1. The number of rotatable bonds is 5. The van der Waals surface area contributed by atoms with E-state index in [-0.39, 0.29) is 0 Å². The Kier molecular flexibility index (Phi) is 4.80. The predicted octanol–water partition coefficient (Wildman–Crippen LogP) is 3.43. The fourth-order valence-electron chi connectivity index (χ4n) is 3.86. The lowest BCUT2D eigenvalue weighted by Gasteiger charge is -2.32. The summed E-state index contributed by atoms with van der Waals surface area (Å²) >= 11 is 0. The van der Waals surface area contributed by atoms with Crippen molar-refractivity contribution in [3.63, 3.8) is 0 Å². The van der Waals surface area contributed by atoms with E-state index in [0.717, 1.165) is 36.6 Å². The van der Waals surface area contributed by atoms with Crippen molar-refractivity contribution in [3.05, 3.63) is 65.7 Å². The van der Waals surface area contributed by atoms with Crippen molar-refractivity contribution in [2.24, 2.45) is 7.05 Å². The van der Waals surface area contributed by atoms with Gasteiger partial charge in [0.05, 0.1) is 11.7 Å². The summed E-state index contributed by atoms with van der Waals surface area (Å²) in [5, 5.41) is 8.82. The Labute approximate surface area is 154 Å². The second kappa shape index (κ2) is 7.38. The molecule has 5 nitrogen and oxygen atoms in total. The third-order valence-corrected chi connectivity index (χ3v) is 5.38. The van der Waals surface area contributed by atoms with Crippen LogP contribution in [0.3, 0.4) is 0 Å². The SMILES string of the molecule is CN(CCc1nnc(-c2ccccc2)n1C)C1CCCc2cccnc21. The van der Waals surface area contributed by atoms with E-state index < -0.39 is 0 Å². The average Bonchev–Trinajstić information content (AvgIpc) is 3.07. The zero-order valence-corrected chi connectivity index (χ0v) is 15.5. The molecule has 1 aromatic carbocycles. The van der Waals surface area contributed by atoms with Crippen molar-refractivity contribution in [2.75, 3.05) is 13.6 Å². The van der Waals surface area contributed by atoms with E-state index in [2.05, 4.69) is 56.9 Å². The Morgan fingerprint density at radius 1 is 1.12 bits per heavy atom. The summed E-state index contributed by atoms with van der Waals surface area (Å²) in [7, 11) is 4.25. The summed E-state index contributed by atoms with van der Waals surface area (Å²) < 4.78 is 2.11. The van der Waals surface area contributed by atoms with E-state index in [4.69, 9.17) is 0 Å². The molecule has 1 aliphatic rings. The summed E-state index contributed by atoms with van der Waals surface area (Å²) in [6.07, 6.45) is 6.35. The first-order valence-electron chi connectivity index (χ1n) is 9.32. The van der Waals surface area contributed by atoms with E-state index in [9.17, 15) is 0 Å². The standard InChI is InChI=1S/C21H25N5/c1-25(18-12-6-10-16-11-7-14-22-20(16)18)15-13-19-23-24-21(26(19)2)17-8-4-3-5-9-17/h3-5,7-9,11,14,18H,6,10,12-13,15H2,1-2H3. The number of hydrogen-bond donors (Lipinski definition) is 0. The molecule has 3 aromatic rings. The third kappa shape index (κ3) is 3.27. The molecule has 1 unspecified atom stereocenters. The second-order valence-electron chi connectivity index (χ2n) is 7.05. The van der Waals surface area contributed by atoms with Gasteiger partial charge in [0.15, 0.2) is 5.82 Å². The molecular weight excluding hydrogens is 322 g/mol. The average molecular weight is 347 g/mol. The maximum atomic E-state index is 4.66. The first-order chi connectivity index (χ1) is 12.7. The normalized spacial score (nSPS) is 16.7. The zero-order valence-electron chi connectivity index (χ0n) is 15.5. The van der Waals surface area contributed by atoms with E-state index in [1.165, 1.54) is 24.1 Å². The molecule has 0 radical (unpaired) electrons. The van der Waals surface area contributed by atoms with Gasteiger partial charge >= 0.3 is 0 Å². The highest BCUT2D eigenvalue weighted by molar-refractivity contribution is 5.54. The van der Waals surface area contributed by atoms with Crippen LogP contribution < -0.4 is 0 Å². The molecule has 0 N–H and O–H groups in total. The van der Waals surface area contributed by atoms with Crippen LogP contribution in [0.2, 0.25) is 0 Å². The van der Waals surface area contributed by atoms with Crippen molar-refractivity contribution in [1.29, 1.82) is 0 Å². The molecule has 0 amide bonds. The van der Waals surface area contributed by atoms with Crippen LogP contribution in [0.25, 0.3) is 11.4 Å². The maximum Gasteiger partial charge on any atom is 0.163 e. The molecule has 2 aromatic heterocycles. The molecule has 0 fully saturated rings. The Morgan fingerprint density at radius 3 is 2.81 bits per heavy atom. The largest absolute Gasteiger partial charge is 0.314 e. The lowest BCUT2D eigenvalue weighted by atomic mass is 9.91. The van der Waals surface area contributed by atoms with Crippen LogP contribution in [0.4, 0.5) is 0 Å². The van der Waals surface area contributed by atoms with E-state index in [0.29, 0.717) is 6.04 Å². The lowest BCUT2D eigenvalue weighted by Crippen LogP contribution is -2.30. The Morgan fingerprint density at radius 2 is 1.96 bits per heavy atom. The van der Waals surface area contributed by atoms with Crippen LogP contribution in [-0.2, 0) is 19.9 Å². The predicted molar refractivity (Wildman–Crippen MR) is 103 cm³/mol. The van der Waals surface area contributed by atoms with Crippen molar-refractivity contribution in [2.45, 2.75) is 31.7 Å². The molecule has 2 heterocycles. The monoisotopic (exact) mass is 347 g/mol. The fraction of sp³-hybridized carbons (Fsp3) is 0.381. The van der Waals surface area contributed by atoms with Gasteiger partial charge in [-0.05, 0) is 37.9 Å². The number of aryl methyl sites for hydroxylation is 1. The highest BCUT2D eigenvalue weighted by Gasteiger charge is 2.25. The van der Waals surface area contributed by atoms with E-state index in [1.807, 2.05) is 30.5 Å². The third-order valence-electron chi connectivity index (χ3n) is 5.38. The molecule has 26 heavy (non-hydrogen) atoms. The number of aromatic nitrogens is 4. The molecule has 1 atom stereocenters. The number of pyridine rings is 1. The first-order valence-corrected chi connectivity index (χ1v) is 9.32. The van der Waals surface area contributed by atoms with Crippen LogP contribution in [0.5, 0.6) is 0 Å². The minimum atomic E-state index is 0.404. The van der Waals surface area contributed by atoms with Gasteiger partial charge in [-0.2, -0.15) is 0 Å². The van der Waals surface area contributed by atoms with Gasteiger partial charge in [0.25, 0.3) is 0 Å². The van der Waals surface area contributed by atoms with E-state index in [1.54, 1.807) is 0 Å². The summed E-state index contributed by atoms with van der Waals surface area (Å²) in [6, 6.07) is 14.9. The Bertz CT molecular complexity index is 871. The molecular formula is C21H25N5. The summed E-state index contributed by atoms with van der Waals surface area (Å²) in [6.45, 7) is 0.946. The molecule has 0 bridgehead atoms. The van der Waals surface area contributed by atoms with Gasteiger partial charge in [-0.3, -0.25) is 9.88 Å². The second-order valence-corrected chi connectivity index (χ2v) is 7.05. The molecule has 0 aliphatic heterocycles. The van der Waals surface area contributed by atoms with Crippen LogP contribution in [0, 0.1) is 0 Å². The molecule has 0 saturated heterocycles. The molecule has 0 spiro atoms. The lowest BCUT2D eigenvalue weighted by molar-refractivity contribution is 0.217. The number of benzene rings is 1. The quantitative estimate of drug-likeness (QED) is 0.709.